The van der Waals surface area contributed by atoms with Crippen LogP contribution in [0.25, 0.3) is 43.9 Å². The predicted octanol–water partition coefficient (Wildman–Crippen LogP) is 6.47. The molecule has 0 unspecified atom stereocenters. The average molecular weight is 392 g/mol. The van der Waals surface area contributed by atoms with Crippen LogP contribution in [-0.4, -0.2) is 4.98 Å². The summed E-state index contributed by atoms with van der Waals surface area (Å²) >= 11 is 12.2. The van der Waals surface area contributed by atoms with Crippen molar-refractivity contribution in [2.45, 2.75) is 0 Å². The van der Waals surface area contributed by atoms with Crippen LogP contribution in [0, 0.1) is 0 Å². The summed E-state index contributed by atoms with van der Waals surface area (Å²) in [7, 11) is 0. The van der Waals surface area contributed by atoms with Crippen molar-refractivity contribution < 1.29 is 4.42 Å². The lowest BCUT2D eigenvalue weighted by atomic mass is 10.0. The normalized spacial score (nSPS) is 11.5. The van der Waals surface area contributed by atoms with Gasteiger partial charge in [0.1, 0.15) is 5.52 Å². The molecule has 5 rings (SSSR count). The SMILES string of the molecule is O=c1oc(-c2ccc3cc4ccccc4cc3c2)nc2c(Cl)cc(Cl)cc12. The summed E-state index contributed by atoms with van der Waals surface area (Å²) in [6.45, 7) is 0. The van der Waals surface area contributed by atoms with Gasteiger partial charge in [0.25, 0.3) is 0 Å². The summed E-state index contributed by atoms with van der Waals surface area (Å²) in [6, 6.07) is 21.3. The van der Waals surface area contributed by atoms with Crippen molar-refractivity contribution in [1.29, 1.82) is 0 Å². The molecule has 0 fully saturated rings. The van der Waals surface area contributed by atoms with Crippen molar-refractivity contribution >= 4 is 55.6 Å². The molecule has 0 saturated heterocycles. The van der Waals surface area contributed by atoms with E-state index in [1.54, 1.807) is 6.07 Å². The van der Waals surface area contributed by atoms with Gasteiger partial charge < -0.3 is 4.42 Å². The van der Waals surface area contributed by atoms with Crippen LogP contribution in [0.3, 0.4) is 0 Å². The summed E-state index contributed by atoms with van der Waals surface area (Å²) < 4.78 is 5.44. The van der Waals surface area contributed by atoms with E-state index >= 15 is 0 Å². The Morgan fingerprint density at radius 3 is 2.26 bits per heavy atom. The van der Waals surface area contributed by atoms with E-state index in [0.717, 1.165) is 16.2 Å². The predicted molar refractivity (Wildman–Crippen MR) is 111 cm³/mol. The van der Waals surface area contributed by atoms with E-state index in [-0.39, 0.29) is 11.3 Å². The largest absolute Gasteiger partial charge is 0.403 e. The highest BCUT2D eigenvalue weighted by Gasteiger charge is 2.13. The third kappa shape index (κ3) is 2.76. The van der Waals surface area contributed by atoms with Crippen LogP contribution in [0.1, 0.15) is 0 Å². The molecule has 5 aromatic rings. The number of benzene rings is 4. The number of rotatable bonds is 1. The van der Waals surface area contributed by atoms with Crippen LogP contribution in [0.15, 0.2) is 75.9 Å². The minimum atomic E-state index is -0.516. The first-order chi connectivity index (χ1) is 13.1. The number of hydrogen-bond donors (Lipinski definition) is 0. The zero-order valence-electron chi connectivity index (χ0n) is 13.9. The lowest BCUT2D eigenvalue weighted by Crippen LogP contribution is -2.03. The van der Waals surface area contributed by atoms with Crippen molar-refractivity contribution in [2.75, 3.05) is 0 Å². The second-order valence-electron chi connectivity index (χ2n) is 6.35. The van der Waals surface area contributed by atoms with Gasteiger partial charge in [-0.25, -0.2) is 9.78 Å². The molecule has 0 bridgehead atoms. The van der Waals surface area contributed by atoms with Crippen molar-refractivity contribution in [3.8, 4) is 11.5 Å². The maximum atomic E-state index is 12.4. The van der Waals surface area contributed by atoms with Gasteiger partial charge in [0.2, 0.25) is 5.89 Å². The van der Waals surface area contributed by atoms with Gasteiger partial charge in [-0.1, -0.05) is 53.5 Å². The van der Waals surface area contributed by atoms with Crippen LogP contribution >= 0.6 is 23.2 Å². The van der Waals surface area contributed by atoms with Gasteiger partial charge in [0.15, 0.2) is 0 Å². The zero-order chi connectivity index (χ0) is 18.5. The molecule has 27 heavy (non-hydrogen) atoms. The smallest absolute Gasteiger partial charge is 0.347 e. The number of aromatic nitrogens is 1. The maximum absolute atomic E-state index is 12.4. The molecule has 0 spiro atoms. The van der Waals surface area contributed by atoms with E-state index in [4.69, 9.17) is 27.6 Å². The molecule has 4 aromatic carbocycles. The number of nitrogens with zero attached hydrogens (tertiary/aromatic N) is 1. The Kier molecular flexibility index (Phi) is 3.67. The standard InChI is InChI=1S/C22H11Cl2NO2/c23-17-10-18-20(19(24)11-17)25-21(27-22(18)26)15-6-5-14-7-12-3-1-2-4-13(12)8-16(14)9-15/h1-11H. The van der Waals surface area contributed by atoms with E-state index in [1.807, 2.05) is 30.3 Å². The number of hydrogen-bond acceptors (Lipinski definition) is 3. The van der Waals surface area contributed by atoms with Gasteiger partial charge in [0, 0.05) is 10.6 Å². The van der Waals surface area contributed by atoms with E-state index in [2.05, 4.69) is 29.2 Å². The molecule has 1 heterocycles. The number of halogens is 2. The topological polar surface area (TPSA) is 43.1 Å². The van der Waals surface area contributed by atoms with Gasteiger partial charge in [-0.3, -0.25) is 0 Å². The molecule has 0 aliphatic rings. The van der Waals surface area contributed by atoms with Crippen LogP contribution in [-0.2, 0) is 0 Å². The van der Waals surface area contributed by atoms with Crippen LogP contribution in [0.4, 0.5) is 0 Å². The fraction of sp³-hybridized carbons (Fsp3) is 0. The van der Waals surface area contributed by atoms with Gasteiger partial charge in [-0.15, -0.1) is 0 Å². The summed E-state index contributed by atoms with van der Waals surface area (Å²) in [5.74, 6) is 0.229. The van der Waals surface area contributed by atoms with Crippen molar-refractivity contribution in [3.63, 3.8) is 0 Å². The van der Waals surface area contributed by atoms with E-state index in [1.165, 1.54) is 11.5 Å². The fourth-order valence-electron chi connectivity index (χ4n) is 3.30. The zero-order valence-corrected chi connectivity index (χ0v) is 15.4. The minimum absolute atomic E-state index is 0.229. The molecule has 0 aliphatic heterocycles. The highest BCUT2D eigenvalue weighted by atomic mass is 35.5. The fourth-order valence-corrected chi connectivity index (χ4v) is 3.83. The maximum Gasteiger partial charge on any atom is 0.347 e. The lowest BCUT2D eigenvalue weighted by molar-refractivity contribution is 0.518. The molecule has 0 aliphatic carbocycles. The lowest BCUT2D eigenvalue weighted by Gasteiger charge is -2.06. The van der Waals surface area contributed by atoms with Gasteiger partial charge in [0.05, 0.1) is 10.4 Å². The summed E-state index contributed by atoms with van der Waals surface area (Å²) in [6.07, 6.45) is 0. The van der Waals surface area contributed by atoms with Gasteiger partial charge in [-0.2, -0.15) is 0 Å². The van der Waals surface area contributed by atoms with E-state index in [9.17, 15) is 4.79 Å². The summed E-state index contributed by atoms with van der Waals surface area (Å²) in [5, 5.41) is 5.42. The Balaban J connectivity index is 1.75. The monoisotopic (exact) mass is 391 g/mol. The van der Waals surface area contributed by atoms with Crippen molar-refractivity contribution in [2.24, 2.45) is 0 Å². The second kappa shape index (κ2) is 6.08. The van der Waals surface area contributed by atoms with Crippen molar-refractivity contribution in [1.82, 2.24) is 4.98 Å². The highest BCUT2D eigenvalue weighted by molar-refractivity contribution is 6.38. The molecule has 0 radical (unpaired) electrons. The molecule has 3 nitrogen and oxygen atoms in total. The summed E-state index contributed by atoms with van der Waals surface area (Å²) in [4.78, 5) is 16.9. The minimum Gasteiger partial charge on any atom is -0.403 e. The van der Waals surface area contributed by atoms with Gasteiger partial charge in [-0.05, 0) is 57.9 Å². The van der Waals surface area contributed by atoms with E-state index in [0.29, 0.717) is 21.1 Å². The molecular weight excluding hydrogens is 381 g/mol. The molecule has 0 saturated carbocycles. The Morgan fingerprint density at radius 2 is 1.48 bits per heavy atom. The quantitative estimate of drug-likeness (QED) is 0.307. The first kappa shape index (κ1) is 16.3. The van der Waals surface area contributed by atoms with Gasteiger partial charge >= 0.3 is 5.63 Å². The third-order valence-corrected chi connectivity index (χ3v) is 5.11. The van der Waals surface area contributed by atoms with Crippen LogP contribution in [0.5, 0.6) is 0 Å². The molecule has 5 heteroatoms. The molecule has 0 atom stereocenters. The Hall–Kier alpha value is -2.88. The first-order valence-electron chi connectivity index (χ1n) is 8.31. The Bertz CT molecular complexity index is 1420. The third-order valence-electron chi connectivity index (χ3n) is 4.60. The van der Waals surface area contributed by atoms with Crippen LogP contribution < -0.4 is 5.63 Å². The molecule has 0 N–H and O–H groups in total. The van der Waals surface area contributed by atoms with E-state index < -0.39 is 5.63 Å². The first-order valence-corrected chi connectivity index (χ1v) is 9.07. The molecule has 0 amide bonds. The van der Waals surface area contributed by atoms with Crippen molar-refractivity contribution in [3.05, 3.63) is 87.2 Å². The Morgan fingerprint density at radius 1 is 0.778 bits per heavy atom. The van der Waals surface area contributed by atoms with Crippen LogP contribution in [0.2, 0.25) is 10.0 Å². The summed E-state index contributed by atoms with van der Waals surface area (Å²) in [5.41, 5.74) is 0.576. The number of fused-ring (bicyclic) bond motifs is 3. The average Bonchev–Trinajstić information content (AvgIpc) is 2.66. The molecule has 130 valence electrons. The Labute approximate surface area is 163 Å². The molecular formula is C22H11Cl2NO2. The molecule has 1 aromatic heterocycles. The highest BCUT2D eigenvalue weighted by Crippen LogP contribution is 2.30. The second-order valence-corrected chi connectivity index (χ2v) is 7.20.